The second-order valence-electron chi connectivity index (χ2n) is 5.03. The van der Waals surface area contributed by atoms with Gasteiger partial charge in [0.05, 0.1) is 6.10 Å². The Kier molecular flexibility index (Phi) is 6.80. The zero-order valence-corrected chi connectivity index (χ0v) is 13.3. The van der Waals surface area contributed by atoms with Gasteiger partial charge in [0.25, 0.3) is 0 Å². The maximum absolute atomic E-state index is 11.3. The normalized spacial score (nSPS) is 29.8. The highest BCUT2D eigenvalue weighted by molar-refractivity contribution is 5.68. The molecule has 0 bridgehead atoms. The van der Waals surface area contributed by atoms with Gasteiger partial charge in [-0.05, 0) is 12.5 Å². The topological polar surface area (TPSA) is 137 Å². The lowest BCUT2D eigenvalue weighted by Crippen LogP contribution is -2.59. The SMILES string of the molecule is CC(=O)OCC1O[C@@H](C)C(N=[N+]=[N-])C(OC(C)=O)[C@H]1OC(C)=O. The third-order valence-electron chi connectivity index (χ3n) is 3.14. The van der Waals surface area contributed by atoms with Gasteiger partial charge in [-0.25, -0.2) is 0 Å². The Hall–Kier alpha value is -2.32. The molecule has 1 aliphatic rings. The third-order valence-corrected chi connectivity index (χ3v) is 3.14. The molecular weight excluding hydrogens is 310 g/mol. The number of esters is 3. The molecule has 0 aromatic rings. The highest BCUT2D eigenvalue weighted by atomic mass is 16.6. The lowest BCUT2D eigenvalue weighted by atomic mass is 9.93. The number of hydrogen-bond donors (Lipinski definition) is 0. The van der Waals surface area contributed by atoms with Crippen LogP contribution in [0.5, 0.6) is 0 Å². The summed E-state index contributed by atoms with van der Waals surface area (Å²) >= 11 is 0. The molecule has 5 atom stereocenters. The first kappa shape index (κ1) is 18.7. The summed E-state index contributed by atoms with van der Waals surface area (Å²) < 4.78 is 20.8. The van der Waals surface area contributed by atoms with Crippen molar-refractivity contribution in [2.24, 2.45) is 5.11 Å². The fourth-order valence-electron chi connectivity index (χ4n) is 2.32. The van der Waals surface area contributed by atoms with Crippen LogP contribution >= 0.6 is 0 Å². The van der Waals surface area contributed by atoms with E-state index in [2.05, 4.69) is 10.0 Å². The van der Waals surface area contributed by atoms with Crippen LogP contribution in [0.1, 0.15) is 27.7 Å². The molecule has 1 heterocycles. The summed E-state index contributed by atoms with van der Waals surface area (Å²) in [4.78, 5) is 36.4. The van der Waals surface area contributed by atoms with Crippen molar-refractivity contribution in [3.8, 4) is 0 Å². The number of nitrogens with zero attached hydrogens (tertiary/aromatic N) is 3. The van der Waals surface area contributed by atoms with E-state index in [0.29, 0.717) is 0 Å². The first-order valence-electron chi connectivity index (χ1n) is 6.93. The highest BCUT2D eigenvalue weighted by Crippen LogP contribution is 2.28. The molecule has 1 fully saturated rings. The summed E-state index contributed by atoms with van der Waals surface area (Å²) in [5.41, 5.74) is 8.68. The first-order chi connectivity index (χ1) is 10.8. The van der Waals surface area contributed by atoms with Crippen LogP contribution in [0, 0.1) is 0 Å². The van der Waals surface area contributed by atoms with E-state index in [1.807, 2.05) is 0 Å². The number of azide groups is 1. The minimum atomic E-state index is -1.07. The van der Waals surface area contributed by atoms with Crippen LogP contribution < -0.4 is 0 Å². The van der Waals surface area contributed by atoms with Gasteiger partial charge in [0, 0.05) is 25.7 Å². The molecule has 3 unspecified atom stereocenters. The van der Waals surface area contributed by atoms with Gasteiger partial charge in [-0.3, -0.25) is 14.4 Å². The van der Waals surface area contributed by atoms with Gasteiger partial charge < -0.3 is 18.9 Å². The molecule has 0 aliphatic carbocycles. The van der Waals surface area contributed by atoms with Crippen LogP contribution in [0.3, 0.4) is 0 Å². The Bertz CT molecular complexity index is 518. The monoisotopic (exact) mass is 329 g/mol. The number of carbonyl (C=O) groups is 3. The Balaban J connectivity index is 3.11. The van der Waals surface area contributed by atoms with E-state index in [4.69, 9.17) is 24.5 Å². The molecule has 10 heteroatoms. The van der Waals surface area contributed by atoms with E-state index in [9.17, 15) is 14.4 Å². The molecule has 128 valence electrons. The summed E-state index contributed by atoms with van der Waals surface area (Å²) in [6.45, 7) is 4.99. The van der Waals surface area contributed by atoms with Crippen molar-refractivity contribution in [2.45, 2.75) is 58.2 Å². The molecular formula is C13H19N3O7. The minimum Gasteiger partial charge on any atom is -0.463 e. The van der Waals surface area contributed by atoms with Gasteiger partial charge in [-0.2, -0.15) is 0 Å². The number of rotatable bonds is 5. The van der Waals surface area contributed by atoms with Crippen molar-refractivity contribution in [2.75, 3.05) is 6.61 Å². The third kappa shape index (κ3) is 5.42. The number of hydrogen-bond acceptors (Lipinski definition) is 8. The van der Waals surface area contributed by atoms with Gasteiger partial charge in [0.1, 0.15) is 18.8 Å². The lowest BCUT2D eigenvalue weighted by molar-refractivity contribution is -0.217. The van der Waals surface area contributed by atoms with Gasteiger partial charge in [0.15, 0.2) is 12.2 Å². The zero-order chi connectivity index (χ0) is 17.6. The second kappa shape index (κ2) is 8.35. The van der Waals surface area contributed by atoms with Gasteiger partial charge >= 0.3 is 17.9 Å². The van der Waals surface area contributed by atoms with Crippen molar-refractivity contribution in [3.05, 3.63) is 10.4 Å². The highest BCUT2D eigenvalue weighted by Gasteiger charge is 2.48. The molecule has 0 saturated carbocycles. The molecule has 1 saturated heterocycles. The second-order valence-corrected chi connectivity index (χ2v) is 5.03. The van der Waals surface area contributed by atoms with E-state index in [1.165, 1.54) is 20.8 Å². The van der Waals surface area contributed by atoms with Gasteiger partial charge in [-0.15, -0.1) is 0 Å². The van der Waals surface area contributed by atoms with Crippen molar-refractivity contribution >= 4 is 17.9 Å². The predicted molar refractivity (Wildman–Crippen MR) is 75.0 cm³/mol. The molecule has 23 heavy (non-hydrogen) atoms. The molecule has 0 amide bonds. The smallest absolute Gasteiger partial charge is 0.303 e. The Morgan fingerprint density at radius 3 is 2.13 bits per heavy atom. The predicted octanol–water partition coefficient (Wildman–Crippen LogP) is 0.879. The molecule has 0 radical (unpaired) electrons. The van der Waals surface area contributed by atoms with Crippen molar-refractivity contribution in [1.29, 1.82) is 0 Å². The van der Waals surface area contributed by atoms with E-state index >= 15 is 0 Å². The van der Waals surface area contributed by atoms with Crippen molar-refractivity contribution in [1.82, 2.24) is 0 Å². The molecule has 0 aromatic carbocycles. The summed E-state index contributed by atoms with van der Waals surface area (Å²) in [5, 5.41) is 3.57. The quantitative estimate of drug-likeness (QED) is 0.240. The molecule has 1 rings (SSSR count). The van der Waals surface area contributed by atoms with Crippen molar-refractivity contribution in [3.63, 3.8) is 0 Å². The van der Waals surface area contributed by atoms with Crippen LogP contribution in [0.4, 0.5) is 0 Å². The average Bonchev–Trinajstić information content (AvgIpc) is 2.42. The van der Waals surface area contributed by atoms with Gasteiger partial charge in [-0.1, -0.05) is 5.11 Å². The van der Waals surface area contributed by atoms with Crippen LogP contribution in [0.2, 0.25) is 0 Å². The first-order valence-corrected chi connectivity index (χ1v) is 6.93. The molecule has 0 spiro atoms. The lowest BCUT2D eigenvalue weighted by Gasteiger charge is -2.42. The molecule has 0 N–H and O–H groups in total. The van der Waals surface area contributed by atoms with E-state index in [0.717, 1.165) is 0 Å². The summed E-state index contributed by atoms with van der Waals surface area (Å²) in [5.74, 6) is -1.81. The van der Waals surface area contributed by atoms with E-state index in [1.54, 1.807) is 6.92 Å². The molecule has 1 aliphatic heterocycles. The van der Waals surface area contributed by atoms with E-state index in [-0.39, 0.29) is 6.61 Å². The fraction of sp³-hybridized carbons (Fsp3) is 0.769. The number of ether oxygens (including phenoxy) is 4. The summed E-state index contributed by atoms with van der Waals surface area (Å²) in [6, 6.07) is -0.887. The van der Waals surface area contributed by atoms with Crippen LogP contribution in [0.15, 0.2) is 5.11 Å². The van der Waals surface area contributed by atoms with Gasteiger partial charge in [0.2, 0.25) is 0 Å². The zero-order valence-electron chi connectivity index (χ0n) is 13.3. The Morgan fingerprint density at radius 2 is 1.65 bits per heavy atom. The van der Waals surface area contributed by atoms with Crippen LogP contribution in [-0.4, -0.2) is 55.0 Å². The summed E-state index contributed by atoms with van der Waals surface area (Å²) in [6.07, 6.45) is -3.60. The summed E-state index contributed by atoms with van der Waals surface area (Å²) in [7, 11) is 0. The van der Waals surface area contributed by atoms with E-state index < -0.39 is 48.4 Å². The maximum atomic E-state index is 11.3. The molecule has 10 nitrogen and oxygen atoms in total. The Labute approximate surface area is 132 Å². The van der Waals surface area contributed by atoms with Crippen molar-refractivity contribution < 1.29 is 33.3 Å². The fourth-order valence-corrected chi connectivity index (χ4v) is 2.32. The Morgan fingerprint density at radius 1 is 1.09 bits per heavy atom. The molecule has 0 aromatic heterocycles. The minimum absolute atomic E-state index is 0.196. The maximum Gasteiger partial charge on any atom is 0.303 e. The average molecular weight is 329 g/mol. The standard InChI is InChI=1S/C13H19N3O7/c1-6-11(15-16-14)13(23-9(4)19)12(22-8(3)18)10(21-6)5-20-7(2)17/h6,10-13H,5H2,1-4H3/t6-,10?,11?,12-,13?/m0/s1. The largest absolute Gasteiger partial charge is 0.463 e. The number of carbonyl (C=O) groups excluding carboxylic acids is 3. The van der Waals surface area contributed by atoms with Crippen LogP contribution in [0.25, 0.3) is 10.4 Å². The van der Waals surface area contributed by atoms with Crippen LogP contribution in [-0.2, 0) is 33.3 Å².